The van der Waals surface area contributed by atoms with E-state index in [4.69, 9.17) is 14.5 Å². The smallest absolute Gasteiger partial charge is 0.197 e. The third-order valence-electron chi connectivity index (χ3n) is 2.46. The molecule has 3 nitrogen and oxygen atoms in total. The Hall–Kier alpha value is -0.900. The average molecular weight is 194 g/mol. The summed E-state index contributed by atoms with van der Waals surface area (Å²) in [6.07, 6.45) is 0.647. The van der Waals surface area contributed by atoms with Crippen LogP contribution < -0.4 is 0 Å². The van der Waals surface area contributed by atoms with Crippen molar-refractivity contribution < 1.29 is 14.5 Å². The molecule has 76 valence electrons. The molecule has 2 unspecified atom stereocenters. The Morgan fingerprint density at radius 1 is 1.29 bits per heavy atom. The lowest BCUT2D eigenvalue weighted by Gasteiger charge is -2.29. The maximum Gasteiger partial charge on any atom is 0.197 e. The molecule has 0 amide bonds. The highest BCUT2D eigenvalue weighted by atomic mass is 17.2. The molecule has 14 heavy (non-hydrogen) atoms. The van der Waals surface area contributed by atoms with Crippen LogP contribution in [0.2, 0.25) is 0 Å². The summed E-state index contributed by atoms with van der Waals surface area (Å²) in [7, 11) is 1.63. The molecule has 0 bridgehead atoms. The molecule has 1 fully saturated rings. The van der Waals surface area contributed by atoms with Crippen molar-refractivity contribution in [3.63, 3.8) is 0 Å². The normalized spacial score (nSPS) is 27.5. The first-order valence-corrected chi connectivity index (χ1v) is 4.78. The van der Waals surface area contributed by atoms with Gasteiger partial charge in [-0.1, -0.05) is 30.3 Å². The zero-order valence-electron chi connectivity index (χ0n) is 8.18. The molecular weight excluding hydrogens is 180 g/mol. The third kappa shape index (κ3) is 1.95. The maximum absolute atomic E-state index is 5.21. The van der Waals surface area contributed by atoms with E-state index >= 15 is 0 Å². The van der Waals surface area contributed by atoms with E-state index in [1.807, 2.05) is 18.2 Å². The van der Waals surface area contributed by atoms with Gasteiger partial charge in [-0.25, -0.2) is 9.78 Å². The van der Waals surface area contributed by atoms with Crippen molar-refractivity contribution in [2.45, 2.75) is 18.6 Å². The van der Waals surface area contributed by atoms with Crippen LogP contribution in [0.5, 0.6) is 0 Å². The summed E-state index contributed by atoms with van der Waals surface area (Å²) in [6, 6.07) is 10.2. The van der Waals surface area contributed by atoms with Crippen LogP contribution in [0, 0.1) is 0 Å². The van der Waals surface area contributed by atoms with Gasteiger partial charge in [-0.05, 0) is 12.0 Å². The molecule has 0 N–H and O–H groups in total. The Morgan fingerprint density at radius 3 is 2.79 bits per heavy atom. The highest BCUT2D eigenvalue weighted by Crippen LogP contribution is 2.29. The van der Waals surface area contributed by atoms with E-state index in [0.717, 1.165) is 6.42 Å². The van der Waals surface area contributed by atoms with Crippen LogP contribution in [0.25, 0.3) is 0 Å². The molecule has 3 heteroatoms. The molecular formula is C11H14O3. The van der Waals surface area contributed by atoms with Crippen LogP contribution in [0.3, 0.4) is 0 Å². The van der Waals surface area contributed by atoms with Crippen LogP contribution in [-0.2, 0) is 14.5 Å². The van der Waals surface area contributed by atoms with Crippen LogP contribution >= 0.6 is 0 Å². The van der Waals surface area contributed by atoms with Crippen molar-refractivity contribution in [2.75, 3.05) is 13.7 Å². The van der Waals surface area contributed by atoms with Gasteiger partial charge in [0.1, 0.15) is 0 Å². The highest BCUT2D eigenvalue weighted by Gasteiger charge is 2.28. The number of methoxy groups -OCH3 is 1. The van der Waals surface area contributed by atoms with Crippen LogP contribution in [0.1, 0.15) is 17.9 Å². The molecule has 0 spiro atoms. The maximum atomic E-state index is 5.21. The molecule has 0 saturated carbocycles. The summed E-state index contributed by atoms with van der Waals surface area (Å²) >= 11 is 0. The predicted molar refractivity (Wildman–Crippen MR) is 51.6 cm³/mol. The Labute approximate surface area is 83.5 Å². The molecule has 1 aromatic carbocycles. The average Bonchev–Trinajstić information content (AvgIpc) is 2.30. The minimum Gasteiger partial charge on any atom is -0.353 e. The number of hydrogen-bond acceptors (Lipinski definition) is 3. The summed E-state index contributed by atoms with van der Waals surface area (Å²) in [5.41, 5.74) is 1.24. The number of hydrogen-bond donors (Lipinski definition) is 0. The second-order valence-corrected chi connectivity index (χ2v) is 3.33. The van der Waals surface area contributed by atoms with Gasteiger partial charge in [0.2, 0.25) is 0 Å². The zero-order valence-corrected chi connectivity index (χ0v) is 8.18. The lowest BCUT2D eigenvalue weighted by Crippen LogP contribution is -2.30. The largest absolute Gasteiger partial charge is 0.353 e. The molecule has 1 saturated heterocycles. The Kier molecular flexibility index (Phi) is 3.14. The predicted octanol–water partition coefficient (Wildman–Crippen LogP) is 2.09. The van der Waals surface area contributed by atoms with E-state index in [0.29, 0.717) is 6.61 Å². The van der Waals surface area contributed by atoms with Crippen molar-refractivity contribution in [1.82, 2.24) is 0 Å². The van der Waals surface area contributed by atoms with Crippen molar-refractivity contribution in [3.8, 4) is 0 Å². The van der Waals surface area contributed by atoms with Gasteiger partial charge in [-0.2, -0.15) is 0 Å². The molecule has 0 radical (unpaired) electrons. The van der Waals surface area contributed by atoms with E-state index in [9.17, 15) is 0 Å². The van der Waals surface area contributed by atoms with E-state index in [1.165, 1.54) is 5.56 Å². The van der Waals surface area contributed by atoms with Gasteiger partial charge >= 0.3 is 0 Å². The fourth-order valence-corrected chi connectivity index (χ4v) is 1.72. The van der Waals surface area contributed by atoms with Gasteiger partial charge in [0.25, 0.3) is 0 Å². The third-order valence-corrected chi connectivity index (χ3v) is 2.46. The van der Waals surface area contributed by atoms with Crippen LogP contribution in [0.15, 0.2) is 30.3 Å². The Morgan fingerprint density at radius 2 is 2.07 bits per heavy atom. The lowest BCUT2D eigenvalue weighted by atomic mass is 9.95. The minimum absolute atomic E-state index is 0.273. The molecule has 1 heterocycles. The topological polar surface area (TPSA) is 27.7 Å². The van der Waals surface area contributed by atoms with Crippen molar-refractivity contribution in [2.24, 2.45) is 0 Å². The van der Waals surface area contributed by atoms with Crippen molar-refractivity contribution in [1.29, 1.82) is 0 Å². The number of rotatable bonds is 2. The summed E-state index contributed by atoms with van der Waals surface area (Å²) < 4.78 is 5.21. The first-order valence-electron chi connectivity index (χ1n) is 4.78. The van der Waals surface area contributed by atoms with Gasteiger partial charge in [-0.3, -0.25) is 0 Å². The second-order valence-electron chi connectivity index (χ2n) is 3.33. The number of ether oxygens (including phenoxy) is 1. The first kappa shape index (κ1) is 9.65. The van der Waals surface area contributed by atoms with Gasteiger partial charge < -0.3 is 4.74 Å². The van der Waals surface area contributed by atoms with Gasteiger partial charge in [0, 0.05) is 13.0 Å². The van der Waals surface area contributed by atoms with E-state index < -0.39 is 0 Å². The fraction of sp³-hybridized carbons (Fsp3) is 0.455. The molecule has 1 aliphatic rings. The monoisotopic (exact) mass is 194 g/mol. The van der Waals surface area contributed by atoms with Crippen molar-refractivity contribution in [3.05, 3.63) is 35.9 Å². The van der Waals surface area contributed by atoms with Gasteiger partial charge in [0.05, 0.1) is 6.61 Å². The second kappa shape index (κ2) is 4.55. The molecule has 1 aromatic rings. The molecule has 1 aliphatic heterocycles. The molecule has 2 rings (SSSR count). The lowest BCUT2D eigenvalue weighted by molar-refractivity contribution is -0.400. The molecule has 2 atom stereocenters. The van der Waals surface area contributed by atoms with Crippen molar-refractivity contribution >= 4 is 0 Å². The van der Waals surface area contributed by atoms with E-state index in [1.54, 1.807) is 7.11 Å². The fourth-order valence-electron chi connectivity index (χ4n) is 1.72. The van der Waals surface area contributed by atoms with E-state index in [2.05, 4.69) is 12.1 Å². The summed E-state index contributed by atoms with van der Waals surface area (Å²) in [4.78, 5) is 9.97. The standard InChI is InChI=1S/C11H14O3/c1-12-11-10(7-8-13-14-11)9-5-3-2-4-6-9/h2-6,10-11H,7-8H2,1H3. The Balaban J connectivity index is 2.15. The van der Waals surface area contributed by atoms with Crippen LogP contribution in [-0.4, -0.2) is 20.0 Å². The SMILES string of the molecule is COC1OOCCC1c1ccccc1. The first-order chi connectivity index (χ1) is 6.92. The van der Waals surface area contributed by atoms with E-state index in [-0.39, 0.29) is 12.2 Å². The summed E-state index contributed by atoms with van der Waals surface area (Å²) in [5, 5.41) is 0. The van der Waals surface area contributed by atoms with Gasteiger partial charge in [-0.15, -0.1) is 0 Å². The Bertz CT molecular complexity index is 273. The zero-order chi connectivity index (χ0) is 9.80. The molecule has 0 aliphatic carbocycles. The highest BCUT2D eigenvalue weighted by molar-refractivity contribution is 5.20. The quantitative estimate of drug-likeness (QED) is 0.675. The summed E-state index contributed by atoms with van der Waals surface area (Å²) in [6.45, 7) is 0.624. The number of benzene rings is 1. The minimum atomic E-state index is -0.286. The van der Waals surface area contributed by atoms with Gasteiger partial charge in [0.15, 0.2) is 6.29 Å². The molecule has 0 aromatic heterocycles. The van der Waals surface area contributed by atoms with Crippen LogP contribution in [0.4, 0.5) is 0 Å². The summed E-state index contributed by atoms with van der Waals surface area (Å²) in [5.74, 6) is 0.273.